The molecule has 0 N–H and O–H groups in total. The van der Waals surface area contributed by atoms with Gasteiger partial charge in [-0.3, -0.25) is 0 Å². The Hall–Kier alpha value is -7.50. The van der Waals surface area contributed by atoms with Crippen LogP contribution >= 0.6 is 0 Å². The highest BCUT2D eigenvalue weighted by atomic mass is 19.2. The third kappa shape index (κ3) is 5.53. The summed E-state index contributed by atoms with van der Waals surface area (Å²) in [4.78, 5) is 0. The number of hydrogen-bond acceptors (Lipinski definition) is 1. The van der Waals surface area contributed by atoms with Crippen LogP contribution in [-0.4, -0.2) is 9.13 Å². The first-order valence-electron chi connectivity index (χ1n) is 18.9. The maximum Gasteiger partial charge on any atom is 0.200 e. The molecule has 284 valence electrons. The van der Waals surface area contributed by atoms with Crippen molar-refractivity contribution in [2.75, 3.05) is 0 Å². The fraction of sp³-hybridized carbons (Fsp3) is 0.0392. The molecular weight excluding hydrogens is 750 g/mol. The minimum atomic E-state index is -2.25. The minimum absolute atomic E-state index is 0.116. The molecule has 0 saturated heterocycles. The molecule has 2 heterocycles. The predicted octanol–water partition coefficient (Wildman–Crippen LogP) is 14.1. The van der Waals surface area contributed by atoms with E-state index in [1.54, 1.807) is 0 Å². The highest BCUT2D eigenvalue weighted by Gasteiger charge is 2.30. The summed E-state index contributed by atoms with van der Waals surface area (Å²) < 4.78 is 80.3. The fourth-order valence-corrected chi connectivity index (χ4v) is 8.55. The lowest BCUT2D eigenvalue weighted by molar-refractivity contribution is 0.381. The highest BCUT2D eigenvalue weighted by molar-refractivity contribution is 6.12. The molecule has 0 bridgehead atoms. The average molecular weight is 780 g/mol. The first-order valence-corrected chi connectivity index (χ1v) is 18.9. The Balaban J connectivity index is 1.38. The van der Waals surface area contributed by atoms with E-state index in [0.717, 1.165) is 54.9 Å². The Morgan fingerprint density at radius 2 is 0.797 bits per heavy atom. The second-order valence-electron chi connectivity index (χ2n) is 14.9. The summed E-state index contributed by atoms with van der Waals surface area (Å²) >= 11 is 0. The number of nitriles is 1. The molecule has 0 aliphatic rings. The van der Waals surface area contributed by atoms with Crippen molar-refractivity contribution in [2.24, 2.45) is 0 Å². The molecule has 10 rings (SSSR count). The van der Waals surface area contributed by atoms with Gasteiger partial charge in [-0.2, -0.15) is 5.26 Å². The SMILES string of the molecule is Cc1cccc(-c2ccc3c4ccccc4n(-c4cc(-c5c(F)c(F)c(F)c(F)c5F)cc(-n5c6ccccc6c6ccc(-c7cccc(C)c7)cc65)c4C#N)c3c2)c1. The summed E-state index contributed by atoms with van der Waals surface area (Å²) in [6.07, 6.45) is 0. The van der Waals surface area contributed by atoms with E-state index in [1.807, 2.05) is 144 Å². The van der Waals surface area contributed by atoms with Gasteiger partial charge < -0.3 is 9.13 Å². The van der Waals surface area contributed by atoms with E-state index in [1.165, 1.54) is 12.1 Å². The molecule has 0 amide bonds. The number of hydrogen-bond donors (Lipinski definition) is 0. The molecule has 0 atom stereocenters. The minimum Gasteiger partial charge on any atom is -0.308 e. The van der Waals surface area contributed by atoms with Gasteiger partial charge in [0.05, 0.1) is 39.0 Å². The quantitative estimate of drug-likeness (QED) is 0.0973. The maximum absolute atomic E-state index is 16.0. The van der Waals surface area contributed by atoms with Crippen LogP contribution in [0, 0.1) is 54.3 Å². The summed E-state index contributed by atoms with van der Waals surface area (Å²) in [5.74, 6) is -10.3. The molecule has 0 aliphatic carbocycles. The van der Waals surface area contributed by atoms with E-state index in [9.17, 15) is 9.65 Å². The van der Waals surface area contributed by atoms with Crippen molar-refractivity contribution in [1.29, 1.82) is 5.26 Å². The van der Waals surface area contributed by atoms with Gasteiger partial charge in [-0.1, -0.05) is 120 Å². The molecule has 0 saturated carbocycles. The summed E-state index contributed by atoms with van der Waals surface area (Å²) in [6, 6.07) is 48.3. The van der Waals surface area contributed by atoms with E-state index in [-0.39, 0.29) is 22.5 Å². The molecular formula is C51H30F5N3. The van der Waals surface area contributed by atoms with Gasteiger partial charge in [-0.05, 0) is 78.1 Å². The Kier molecular flexibility index (Phi) is 8.25. The number of benzene rings is 8. The van der Waals surface area contributed by atoms with Crippen LogP contribution in [0.4, 0.5) is 22.0 Å². The maximum atomic E-state index is 16.0. The second-order valence-corrected chi connectivity index (χ2v) is 14.9. The molecule has 59 heavy (non-hydrogen) atoms. The van der Waals surface area contributed by atoms with Gasteiger partial charge in [0.2, 0.25) is 5.82 Å². The Morgan fingerprint density at radius 1 is 0.390 bits per heavy atom. The number of nitrogens with zero attached hydrogens (tertiary/aromatic N) is 3. The van der Waals surface area contributed by atoms with Crippen LogP contribution in [0.25, 0.3) is 88.4 Å². The third-order valence-corrected chi connectivity index (χ3v) is 11.2. The van der Waals surface area contributed by atoms with Gasteiger partial charge in [-0.15, -0.1) is 0 Å². The third-order valence-electron chi connectivity index (χ3n) is 11.2. The average Bonchev–Trinajstić information content (AvgIpc) is 3.76. The molecule has 10 aromatic rings. The highest BCUT2D eigenvalue weighted by Crippen LogP contribution is 2.43. The van der Waals surface area contributed by atoms with Crippen LogP contribution in [0.15, 0.2) is 146 Å². The van der Waals surface area contributed by atoms with Gasteiger partial charge in [0.1, 0.15) is 11.6 Å². The monoisotopic (exact) mass is 779 g/mol. The Morgan fingerprint density at radius 3 is 1.24 bits per heavy atom. The molecule has 0 aliphatic heterocycles. The second kappa shape index (κ2) is 13.6. The van der Waals surface area contributed by atoms with Crippen molar-refractivity contribution in [1.82, 2.24) is 9.13 Å². The fourth-order valence-electron chi connectivity index (χ4n) is 8.55. The number of rotatable bonds is 5. The van der Waals surface area contributed by atoms with Crippen LogP contribution in [0.2, 0.25) is 0 Å². The van der Waals surface area contributed by atoms with Gasteiger partial charge in [-0.25, -0.2) is 22.0 Å². The normalized spacial score (nSPS) is 11.6. The van der Waals surface area contributed by atoms with Gasteiger partial charge >= 0.3 is 0 Å². The predicted molar refractivity (Wildman–Crippen MR) is 225 cm³/mol. The van der Waals surface area contributed by atoms with Crippen molar-refractivity contribution >= 4 is 43.6 Å². The van der Waals surface area contributed by atoms with E-state index in [0.29, 0.717) is 22.1 Å². The van der Waals surface area contributed by atoms with Crippen LogP contribution in [0.3, 0.4) is 0 Å². The van der Waals surface area contributed by atoms with Crippen molar-refractivity contribution < 1.29 is 22.0 Å². The van der Waals surface area contributed by atoms with E-state index in [2.05, 4.69) is 18.2 Å². The first-order chi connectivity index (χ1) is 28.6. The zero-order chi connectivity index (χ0) is 40.7. The summed E-state index contributed by atoms with van der Waals surface area (Å²) in [6.45, 7) is 4.01. The zero-order valence-electron chi connectivity index (χ0n) is 31.6. The Bertz CT molecular complexity index is 3230. The van der Waals surface area contributed by atoms with Crippen molar-refractivity contribution in [3.8, 4) is 50.8 Å². The number of para-hydroxylation sites is 2. The molecule has 0 radical (unpaired) electrons. The van der Waals surface area contributed by atoms with Crippen LogP contribution in [0.1, 0.15) is 16.7 Å². The molecule has 3 nitrogen and oxygen atoms in total. The van der Waals surface area contributed by atoms with Crippen LogP contribution < -0.4 is 0 Å². The molecule has 0 spiro atoms. The molecule has 8 heteroatoms. The molecule has 8 aromatic carbocycles. The lowest BCUT2D eigenvalue weighted by Gasteiger charge is -2.19. The first kappa shape index (κ1) is 35.9. The topological polar surface area (TPSA) is 33.6 Å². The van der Waals surface area contributed by atoms with Gasteiger partial charge in [0, 0.05) is 21.5 Å². The Labute approximate surface area is 335 Å². The van der Waals surface area contributed by atoms with E-state index >= 15 is 17.6 Å². The standard InChI is InChI=1S/C51H30F5N3/c1-28-9-7-11-30(21-28)32-17-19-37-35-13-3-5-15-40(35)58(42(37)23-32)44-25-34(46-47(52)49(54)51(56)50(55)48(46)53)26-45(39(44)27-57)59-41-16-6-4-14-36(41)38-20-18-33(24-43(38)59)31-12-8-10-29(2)22-31/h3-26H,1-2H3. The summed E-state index contributed by atoms with van der Waals surface area (Å²) in [7, 11) is 0. The lowest BCUT2D eigenvalue weighted by atomic mass is 9.98. The van der Waals surface area contributed by atoms with Gasteiger partial charge in [0.25, 0.3) is 0 Å². The largest absolute Gasteiger partial charge is 0.308 e. The van der Waals surface area contributed by atoms with Crippen LogP contribution in [0.5, 0.6) is 0 Å². The molecule has 0 fully saturated rings. The number of fused-ring (bicyclic) bond motifs is 6. The number of aryl methyl sites for hydroxylation is 2. The summed E-state index contributed by atoms with van der Waals surface area (Å²) in [5, 5.41) is 14.7. The zero-order valence-corrected chi connectivity index (χ0v) is 31.6. The molecule has 2 aromatic heterocycles. The van der Waals surface area contributed by atoms with Crippen molar-refractivity contribution in [3.63, 3.8) is 0 Å². The number of halogens is 5. The van der Waals surface area contributed by atoms with E-state index in [4.69, 9.17) is 0 Å². The summed E-state index contributed by atoms with van der Waals surface area (Å²) in [5.41, 5.74) is 7.57. The van der Waals surface area contributed by atoms with Gasteiger partial charge in [0.15, 0.2) is 23.3 Å². The van der Waals surface area contributed by atoms with Crippen LogP contribution in [-0.2, 0) is 0 Å². The smallest absolute Gasteiger partial charge is 0.200 e. The lowest BCUT2D eigenvalue weighted by Crippen LogP contribution is -2.08. The van der Waals surface area contributed by atoms with E-state index < -0.39 is 34.6 Å². The van der Waals surface area contributed by atoms with Crippen molar-refractivity contribution in [3.05, 3.63) is 191 Å². The molecule has 0 unspecified atom stereocenters. The number of aromatic nitrogens is 2. The van der Waals surface area contributed by atoms with Crippen molar-refractivity contribution in [2.45, 2.75) is 13.8 Å².